The van der Waals surface area contributed by atoms with Crippen molar-refractivity contribution >= 4 is 41.3 Å². The molecular weight excluding hydrogens is 407 g/mol. The van der Waals surface area contributed by atoms with E-state index in [1.165, 1.54) is 11.4 Å². The van der Waals surface area contributed by atoms with Crippen LogP contribution in [0.5, 0.6) is 0 Å². The van der Waals surface area contributed by atoms with Crippen molar-refractivity contribution in [3.05, 3.63) is 16.1 Å². The second-order valence-electron chi connectivity index (χ2n) is 6.66. The summed E-state index contributed by atoms with van der Waals surface area (Å²) in [5, 5.41) is 10.1. The van der Waals surface area contributed by atoms with E-state index in [0.29, 0.717) is 11.5 Å². The van der Waals surface area contributed by atoms with E-state index in [2.05, 4.69) is 60.6 Å². The molecule has 6 heteroatoms. The first-order valence-electron chi connectivity index (χ1n) is 7.74. The van der Waals surface area contributed by atoms with Gasteiger partial charge in [-0.2, -0.15) is 0 Å². The lowest BCUT2D eigenvalue weighted by molar-refractivity contribution is 0.346. The van der Waals surface area contributed by atoms with E-state index < -0.39 is 0 Å². The van der Waals surface area contributed by atoms with Crippen LogP contribution in [-0.4, -0.2) is 24.0 Å². The van der Waals surface area contributed by atoms with Gasteiger partial charge in [-0.1, -0.05) is 27.7 Å². The molecule has 0 fully saturated rings. The largest absolute Gasteiger partial charge is 0.354 e. The molecule has 128 valence electrons. The molecule has 0 spiro atoms. The van der Waals surface area contributed by atoms with Crippen LogP contribution in [0.4, 0.5) is 0 Å². The number of halogens is 1. The summed E-state index contributed by atoms with van der Waals surface area (Å²) in [6, 6.07) is 0.414. The van der Waals surface area contributed by atoms with Gasteiger partial charge in [0, 0.05) is 18.5 Å². The lowest BCUT2D eigenvalue weighted by Crippen LogP contribution is -2.42. The average molecular weight is 438 g/mol. The molecule has 0 amide bonds. The molecule has 0 aliphatic carbocycles. The summed E-state index contributed by atoms with van der Waals surface area (Å²) >= 11 is 1.72. The van der Waals surface area contributed by atoms with Crippen LogP contribution in [0.3, 0.4) is 0 Å². The molecule has 1 aromatic heterocycles. The summed E-state index contributed by atoms with van der Waals surface area (Å²) in [5.74, 6) is 0.849. The molecule has 2 N–H and O–H groups in total. The predicted molar refractivity (Wildman–Crippen MR) is 108 cm³/mol. The van der Waals surface area contributed by atoms with E-state index in [9.17, 15) is 0 Å². The molecule has 1 rings (SSSR count). The normalized spacial score (nSPS) is 13.5. The number of rotatable bonds is 6. The standard InChI is InChI=1S/C16H30N4S.HI/c1-7-14-20-13(11-21-14)10-18-15(17-6)19-12(2)8-9-16(3,4)5;/h11-12H,7-10H2,1-6H3,(H2,17,18,19);1H. The molecule has 0 aliphatic rings. The van der Waals surface area contributed by atoms with Crippen LogP contribution in [0, 0.1) is 5.41 Å². The van der Waals surface area contributed by atoms with E-state index >= 15 is 0 Å². The number of aromatic nitrogens is 1. The number of aryl methyl sites for hydroxylation is 1. The molecule has 1 aromatic rings. The maximum atomic E-state index is 4.56. The third-order valence-corrected chi connectivity index (χ3v) is 4.31. The topological polar surface area (TPSA) is 49.3 Å². The Kier molecular flexibility index (Phi) is 10.2. The highest BCUT2D eigenvalue weighted by Crippen LogP contribution is 2.21. The third kappa shape index (κ3) is 8.92. The number of thiazole rings is 1. The maximum Gasteiger partial charge on any atom is 0.191 e. The van der Waals surface area contributed by atoms with E-state index in [4.69, 9.17) is 0 Å². The first-order valence-corrected chi connectivity index (χ1v) is 8.62. The molecule has 0 radical (unpaired) electrons. The summed E-state index contributed by atoms with van der Waals surface area (Å²) in [5.41, 5.74) is 1.46. The lowest BCUT2D eigenvalue weighted by Gasteiger charge is -2.23. The smallest absolute Gasteiger partial charge is 0.191 e. The van der Waals surface area contributed by atoms with Crippen LogP contribution in [0.2, 0.25) is 0 Å². The fourth-order valence-electron chi connectivity index (χ4n) is 1.92. The Bertz CT molecular complexity index is 451. The fourth-order valence-corrected chi connectivity index (χ4v) is 2.66. The molecule has 0 aliphatic heterocycles. The van der Waals surface area contributed by atoms with Crippen molar-refractivity contribution in [2.24, 2.45) is 10.4 Å². The van der Waals surface area contributed by atoms with Gasteiger partial charge in [0.15, 0.2) is 5.96 Å². The molecule has 0 aromatic carbocycles. The average Bonchev–Trinajstić information content (AvgIpc) is 2.88. The van der Waals surface area contributed by atoms with Crippen molar-refractivity contribution in [3.8, 4) is 0 Å². The third-order valence-electron chi connectivity index (χ3n) is 3.27. The van der Waals surface area contributed by atoms with Crippen molar-refractivity contribution in [2.75, 3.05) is 7.05 Å². The van der Waals surface area contributed by atoms with Crippen LogP contribution in [0.15, 0.2) is 10.4 Å². The van der Waals surface area contributed by atoms with Crippen molar-refractivity contribution < 1.29 is 0 Å². The summed E-state index contributed by atoms with van der Waals surface area (Å²) in [7, 11) is 1.81. The number of aliphatic imine (C=N–C) groups is 1. The van der Waals surface area contributed by atoms with Crippen LogP contribution >= 0.6 is 35.3 Å². The number of nitrogens with zero attached hydrogens (tertiary/aromatic N) is 2. The minimum absolute atomic E-state index is 0. The zero-order valence-corrected chi connectivity index (χ0v) is 17.8. The second-order valence-corrected chi connectivity index (χ2v) is 7.60. The summed E-state index contributed by atoms with van der Waals surface area (Å²) < 4.78 is 0. The molecule has 1 atom stereocenters. The van der Waals surface area contributed by atoms with Gasteiger partial charge in [-0.25, -0.2) is 4.98 Å². The SMILES string of the molecule is CCc1nc(CNC(=NC)NC(C)CCC(C)(C)C)cs1.I. The van der Waals surface area contributed by atoms with Crippen molar-refractivity contribution in [3.63, 3.8) is 0 Å². The Balaban J connectivity index is 0.00000441. The molecule has 22 heavy (non-hydrogen) atoms. The number of hydrogen-bond acceptors (Lipinski definition) is 3. The monoisotopic (exact) mass is 438 g/mol. The van der Waals surface area contributed by atoms with Gasteiger partial charge in [0.05, 0.1) is 17.2 Å². The number of hydrogen-bond donors (Lipinski definition) is 2. The van der Waals surface area contributed by atoms with E-state index in [-0.39, 0.29) is 24.0 Å². The molecule has 1 unspecified atom stereocenters. The lowest BCUT2D eigenvalue weighted by atomic mass is 9.89. The van der Waals surface area contributed by atoms with Crippen molar-refractivity contribution in [2.45, 2.75) is 66.5 Å². The summed E-state index contributed by atoms with van der Waals surface area (Å²) in [6.07, 6.45) is 3.34. The number of nitrogens with one attached hydrogen (secondary N) is 2. The summed E-state index contributed by atoms with van der Waals surface area (Å²) in [4.78, 5) is 8.84. The first-order chi connectivity index (χ1) is 9.84. The highest BCUT2D eigenvalue weighted by Gasteiger charge is 2.13. The highest BCUT2D eigenvalue weighted by atomic mass is 127. The molecule has 0 saturated heterocycles. The maximum absolute atomic E-state index is 4.56. The van der Waals surface area contributed by atoms with Crippen LogP contribution in [-0.2, 0) is 13.0 Å². The van der Waals surface area contributed by atoms with Crippen LogP contribution in [0.25, 0.3) is 0 Å². The van der Waals surface area contributed by atoms with Gasteiger partial charge in [-0.15, -0.1) is 35.3 Å². The van der Waals surface area contributed by atoms with Gasteiger partial charge in [0.25, 0.3) is 0 Å². The van der Waals surface area contributed by atoms with Gasteiger partial charge in [-0.05, 0) is 31.6 Å². The van der Waals surface area contributed by atoms with E-state index in [1.54, 1.807) is 11.3 Å². The van der Waals surface area contributed by atoms with Crippen LogP contribution < -0.4 is 10.6 Å². The number of guanidine groups is 1. The van der Waals surface area contributed by atoms with Gasteiger partial charge in [0.2, 0.25) is 0 Å². The van der Waals surface area contributed by atoms with Gasteiger partial charge < -0.3 is 10.6 Å². The van der Waals surface area contributed by atoms with Crippen molar-refractivity contribution in [1.82, 2.24) is 15.6 Å². The zero-order chi connectivity index (χ0) is 15.9. The second kappa shape index (κ2) is 10.4. The van der Waals surface area contributed by atoms with Gasteiger partial charge in [-0.3, -0.25) is 4.99 Å². The van der Waals surface area contributed by atoms with Crippen LogP contribution in [0.1, 0.15) is 58.2 Å². The van der Waals surface area contributed by atoms with E-state index in [0.717, 1.165) is 31.0 Å². The molecule has 1 heterocycles. The first kappa shape index (κ1) is 21.6. The predicted octanol–water partition coefficient (Wildman–Crippen LogP) is 4.20. The minimum Gasteiger partial charge on any atom is -0.354 e. The Hall–Kier alpha value is -0.370. The Morgan fingerprint density at radius 1 is 1.41 bits per heavy atom. The Labute approximate surface area is 156 Å². The Morgan fingerprint density at radius 3 is 2.59 bits per heavy atom. The fraction of sp³-hybridized carbons (Fsp3) is 0.750. The van der Waals surface area contributed by atoms with Gasteiger partial charge >= 0.3 is 0 Å². The quantitative estimate of drug-likeness (QED) is 0.398. The highest BCUT2D eigenvalue weighted by molar-refractivity contribution is 14.0. The molecule has 0 saturated carbocycles. The summed E-state index contributed by atoms with van der Waals surface area (Å²) in [6.45, 7) is 11.9. The van der Waals surface area contributed by atoms with E-state index in [1.807, 2.05) is 7.05 Å². The minimum atomic E-state index is 0. The molecule has 0 bridgehead atoms. The zero-order valence-electron chi connectivity index (χ0n) is 14.7. The molecular formula is C16H31IN4S. The van der Waals surface area contributed by atoms with Crippen molar-refractivity contribution in [1.29, 1.82) is 0 Å². The molecule has 4 nitrogen and oxygen atoms in total. The Morgan fingerprint density at radius 2 is 2.09 bits per heavy atom. The van der Waals surface area contributed by atoms with Gasteiger partial charge in [0.1, 0.15) is 0 Å².